The summed E-state index contributed by atoms with van der Waals surface area (Å²) in [6, 6.07) is 12.5. The predicted molar refractivity (Wildman–Crippen MR) is 113 cm³/mol. The molecule has 1 unspecified atom stereocenters. The van der Waals surface area contributed by atoms with E-state index in [1.165, 1.54) is 40.8 Å². The molecule has 1 aromatic carbocycles. The second-order valence-electron chi connectivity index (χ2n) is 6.67. The van der Waals surface area contributed by atoms with Crippen molar-refractivity contribution in [3.63, 3.8) is 0 Å². The largest absolute Gasteiger partial charge is 0.475 e. The number of nitrogens with zero attached hydrogens (tertiary/aromatic N) is 3. The van der Waals surface area contributed by atoms with E-state index >= 15 is 0 Å². The highest BCUT2D eigenvalue weighted by Gasteiger charge is 2.35. The van der Waals surface area contributed by atoms with E-state index in [0.717, 1.165) is 10.6 Å². The van der Waals surface area contributed by atoms with Crippen molar-refractivity contribution in [3.05, 3.63) is 80.9 Å². The molecule has 1 atom stereocenters. The number of carbonyl (C=O) groups excluding carboxylic acids is 2. The Kier molecular flexibility index (Phi) is 6.26. The quantitative estimate of drug-likeness (QED) is 0.289. The van der Waals surface area contributed by atoms with E-state index in [1.54, 1.807) is 18.2 Å². The molecular weight excluding hydrogens is 438 g/mol. The highest BCUT2D eigenvalue weighted by molar-refractivity contribution is 7.12. The average molecular weight is 455 g/mol. The minimum atomic E-state index is -0.840. The molecule has 4 rings (SSSR count). The summed E-state index contributed by atoms with van der Waals surface area (Å²) in [6.07, 6.45) is 1.98. The molecule has 10 nitrogen and oxygen atoms in total. The maximum atomic E-state index is 12.8. The zero-order valence-electron chi connectivity index (χ0n) is 16.6. The van der Waals surface area contributed by atoms with Crippen LogP contribution >= 0.6 is 11.3 Å². The second kappa shape index (κ2) is 9.43. The molecule has 1 amide bonds. The lowest BCUT2D eigenvalue weighted by atomic mass is 10.1. The number of furan rings is 1. The molecule has 0 saturated heterocycles. The fourth-order valence-corrected chi connectivity index (χ4v) is 3.87. The third-order valence-electron chi connectivity index (χ3n) is 4.61. The number of hydrazone groups is 1. The molecule has 0 bridgehead atoms. The number of para-hydroxylation sites is 2. The monoisotopic (exact) mass is 455 g/mol. The number of amides is 1. The Hall–Kier alpha value is -3.99. The molecule has 164 valence electrons. The molecule has 0 aliphatic carbocycles. The third-order valence-corrected chi connectivity index (χ3v) is 5.53. The molecule has 3 aromatic rings. The molecular formula is C21H17N3O7S. The standard InChI is InChI=1S/C21H17N3O7S/c25-20(12-31-21(26)13-30-17-6-2-1-5-15(17)24(27)28)23-16(18-7-3-9-29-18)11-14(22-23)19-8-4-10-32-19/h1-10,16H,11-13H2. The van der Waals surface area contributed by atoms with Crippen LogP contribution in [0.5, 0.6) is 5.75 Å². The van der Waals surface area contributed by atoms with Gasteiger partial charge in [-0.2, -0.15) is 5.10 Å². The van der Waals surface area contributed by atoms with Crippen LogP contribution in [0, 0.1) is 10.1 Å². The number of rotatable bonds is 8. The van der Waals surface area contributed by atoms with Crippen LogP contribution in [0.4, 0.5) is 5.69 Å². The van der Waals surface area contributed by atoms with E-state index in [2.05, 4.69) is 5.10 Å². The molecule has 0 fully saturated rings. The SMILES string of the molecule is O=C(COc1ccccc1[N+](=O)[O-])OCC(=O)N1N=C(c2cccs2)CC1c1ccco1. The number of thiophene rings is 1. The first-order chi connectivity index (χ1) is 15.5. The number of ether oxygens (including phenoxy) is 2. The van der Waals surface area contributed by atoms with Gasteiger partial charge in [0.25, 0.3) is 5.91 Å². The van der Waals surface area contributed by atoms with Gasteiger partial charge in [-0.25, -0.2) is 9.80 Å². The van der Waals surface area contributed by atoms with Gasteiger partial charge < -0.3 is 13.9 Å². The summed E-state index contributed by atoms with van der Waals surface area (Å²) in [6.45, 7) is -1.14. The van der Waals surface area contributed by atoms with Gasteiger partial charge in [-0.05, 0) is 29.6 Å². The fraction of sp³-hybridized carbons (Fsp3) is 0.190. The number of nitro benzene ring substituents is 1. The van der Waals surface area contributed by atoms with Crippen LogP contribution in [-0.4, -0.2) is 40.7 Å². The van der Waals surface area contributed by atoms with Crippen LogP contribution < -0.4 is 4.74 Å². The zero-order valence-corrected chi connectivity index (χ0v) is 17.4. The fourth-order valence-electron chi connectivity index (χ4n) is 3.15. The van der Waals surface area contributed by atoms with Gasteiger partial charge in [-0.1, -0.05) is 18.2 Å². The lowest BCUT2D eigenvalue weighted by molar-refractivity contribution is -0.385. The molecule has 0 radical (unpaired) electrons. The Balaban J connectivity index is 1.38. The van der Waals surface area contributed by atoms with E-state index in [1.807, 2.05) is 17.5 Å². The molecule has 0 saturated carbocycles. The summed E-state index contributed by atoms with van der Waals surface area (Å²) >= 11 is 1.51. The normalized spacial score (nSPS) is 15.3. The highest BCUT2D eigenvalue weighted by Crippen LogP contribution is 2.34. The first kappa shape index (κ1) is 21.2. The van der Waals surface area contributed by atoms with Crippen molar-refractivity contribution in [2.45, 2.75) is 12.5 Å². The summed E-state index contributed by atoms with van der Waals surface area (Å²) in [5, 5.41) is 18.6. The van der Waals surface area contributed by atoms with E-state index in [4.69, 9.17) is 13.9 Å². The van der Waals surface area contributed by atoms with Gasteiger partial charge >= 0.3 is 11.7 Å². The maximum absolute atomic E-state index is 12.8. The number of hydrogen-bond donors (Lipinski definition) is 0. The van der Waals surface area contributed by atoms with Gasteiger partial charge in [0.2, 0.25) is 0 Å². The molecule has 3 heterocycles. The van der Waals surface area contributed by atoms with Crippen molar-refractivity contribution < 1.29 is 28.4 Å². The topological polar surface area (TPSA) is 124 Å². The molecule has 1 aliphatic heterocycles. The molecule has 0 N–H and O–H groups in total. The number of carbonyl (C=O) groups is 2. The first-order valence-electron chi connectivity index (χ1n) is 9.51. The zero-order chi connectivity index (χ0) is 22.5. The van der Waals surface area contributed by atoms with Gasteiger partial charge in [0.1, 0.15) is 11.8 Å². The van der Waals surface area contributed by atoms with E-state index in [-0.39, 0.29) is 11.4 Å². The predicted octanol–water partition coefficient (Wildman–Crippen LogP) is 3.55. The minimum absolute atomic E-state index is 0.0663. The molecule has 2 aromatic heterocycles. The van der Waals surface area contributed by atoms with Crippen LogP contribution in [0.3, 0.4) is 0 Å². The van der Waals surface area contributed by atoms with Crippen molar-refractivity contribution in [2.75, 3.05) is 13.2 Å². The number of nitro groups is 1. The van der Waals surface area contributed by atoms with Gasteiger partial charge in [0.05, 0.1) is 21.8 Å². The van der Waals surface area contributed by atoms with Crippen molar-refractivity contribution in [2.24, 2.45) is 5.10 Å². The first-order valence-corrected chi connectivity index (χ1v) is 10.4. The van der Waals surface area contributed by atoms with Crippen molar-refractivity contribution in [1.82, 2.24) is 5.01 Å². The van der Waals surface area contributed by atoms with Crippen LogP contribution in [0.15, 0.2) is 69.7 Å². The Morgan fingerprint density at radius 2 is 2.03 bits per heavy atom. The third kappa shape index (κ3) is 4.67. The lowest BCUT2D eigenvalue weighted by Gasteiger charge is -2.19. The summed E-state index contributed by atoms with van der Waals surface area (Å²) < 4.78 is 15.7. The van der Waals surface area contributed by atoms with Gasteiger partial charge in [-0.15, -0.1) is 11.3 Å². The van der Waals surface area contributed by atoms with Crippen molar-refractivity contribution >= 4 is 34.6 Å². The van der Waals surface area contributed by atoms with Gasteiger partial charge in [0, 0.05) is 12.5 Å². The Morgan fingerprint density at radius 3 is 2.75 bits per heavy atom. The smallest absolute Gasteiger partial charge is 0.344 e. The van der Waals surface area contributed by atoms with E-state index in [9.17, 15) is 19.7 Å². The van der Waals surface area contributed by atoms with Crippen LogP contribution in [0.2, 0.25) is 0 Å². The van der Waals surface area contributed by atoms with E-state index in [0.29, 0.717) is 12.2 Å². The molecule has 32 heavy (non-hydrogen) atoms. The van der Waals surface area contributed by atoms with Crippen molar-refractivity contribution in [3.8, 4) is 5.75 Å². The maximum Gasteiger partial charge on any atom is 0.344 e. The Bertz CT molecular complexity index is 1140. The highest BCUT2D eigenvalue weighted by atomic mass is 32.1. The molecule has 11 heteroatoms. The summed E-state index contributed by atoms with van der Waals surface area (Å²) in [4.78, 5) is 36.1. The Morgan fingerprint density at radius 1 is 1.19 bits per heavy atom. The number of benzene rings is 1. The lowest BCUT2D eigenvalue weighted by Crippen LogP contribution is -2.32. The number of hydrogen-bond acceptors (Lipinski definition) is 9. The van der Waals surface area contributed by atoms with Crippen LogP contribution in [0.25, 0.3) is 0 Å². The average Bonchev–Trinajstić information content (AvgIpc) is 3.56. The summed E-state index contributed by atoms with van der Waals surface area (Å²) in [5.41, 5.74) is 0.464. The van der Waals surface area contributed by atoms with E-state index < -0.39 is 36.1 Å². The summed E-state index contributed by atoms with van der Waals surface area (Å²) in [7, 11) is 0. The van der Waals surface area contributed by atoms with Crippen LogP contribution in [-0.2, 0) is 14.3 Å². The van der Waals surface area contributed by atoms with Gasteiger partial charge in [0.15, 0.2) is 19.0 Å². The van der Waals surface area contributed by atoms with Crippen LogP contribution in [0.1, 0.15) is 23.1 Å². The summed E-state index contributed by atoms with van der Waals surface area (Å²) in [5.74, 6) is -0.868. The van der Waals surface area contributed by atoms with Gasteiger partial charge in [-0.3, -0.25) is 14.9 Å². The molecule has 1 aliphatic rings. The minimum Gasteiger partial charge on any atom is -0.475 e. The molecule has 0 spiro atoms. The number of esters is 1. The Labute approximate surface area is 185 Å². The van der Waals surface area contributed by atoms with Crippen molar-refractivity contribution in [1.29, 1.82) is 0 Å². The second-order valence-corrected chi connectivity index (χ2v) is 7.62.